The van der Waals surface area contributed by atoms with Crippen molar-refractivity contribution in [3.8, 4) is 0 Å². The predicted octanol–water partition coefficient (Wildman–Crippen LogP) is 2.56. The van der Waals surface area contributed by atoms with Gasteiger partial charge < -0.3 is 10.2 Å². The summed E-state index contributed by atoms with van der Waals surface area (Å²) in [6.45, 7) is 2.11. The van der Waals surface area contributed by atoms with Gasteiger partial charge in [0.1, 0.15) is 6.04 Å². The second-order valence-electron chi connectivity index (χ2n) is 7.37. The van der Waals surface area contributed by atoms with Crippen LogP contribution >= 0.6 is 0 Å². The van der Waals surface area contributed by atoms with E-state index in [0.717, 1.165) is 46.4 Å². The van der Waals surface area contributed by atoms with Crippen LogP contribution in [-0.4, -0.2) is 39.1 Å². The third-order valence-corrected chi connectivity index (χ3v) is 6.25. The molecule has 0 aromatic heterocycles. The van der Waals surface area contributed by atoms with Crippen molar-refractivity contribution in [2.75, 3.05) is 22.0 Å². The van der Waals surface area contributed by atoms with E-state index in [1.165, 1.54) is 6.92 Å². The molecule has 1 aliphatic heterocycles. The van der Waals surface area contributed by atoms with Crippen LogP contribution in [0.25, 0.3) is 0 Å². The number of carbonyl (C=O) groups is 2. The summed E-state index contributed by atoms with van der Waals surface area (Å²) in [6, 6.07) is 8.58. The minimum atomic E-state index is -3.96. The summed E-state index contributed by atoms with van der Waals surface area (Å²) in [5.74, 6) is -2.90. The first-order chi connectivity index (χ1) is 14.6. The largest absolute Gasteiger partial charge is 0.350 e. The van der Waals surface area contributed by atoms with Gasteiger partial charge in [-0.05, 0) is 43.2 Å². The third kappa shape index (κ3) is 5.19. The standard InChI is InChI=1S/C21H23F2N3O4S/c1-14(26(31(2,29)30)17-8-9-18(22)19(23)12-17)21(28)24-13-15-5-3-6-16(11-15)25-10-4-7-20(25)27/h3,5-6,8-9,11-12,14H,4,7,10,13H2,1-2H3,(H,24,28)/t14-/m1/s1. The molecule has 0 radical (unpaired) electrons. The molecule has 1 saturated heterocycles. The Morgan fingerprint density at radius 1 is 1.19 bits per heavy atom. The Bertz CT molecular complexity index is 1110. The molecule has 1 fully saturated rings. The maximum absolute atomic E-state index is 13.6. The van der Waals surface area contributed by atoms with Crippen LogP contribution in [0.5, 0.6) is 0 Å². The van der Waals surface area contributed by atoms with Gasteiger partial charge in [0.2, 0.25) is 21.8 Å². The van der Waals surface area contributed by atoms with Crippen LogP contribution in [-0.2, 0) is 26.2 Å². The van der Waals surface area contributed by atoms with Gasteiger partial charge in [-0.15, -0.1) is 0 Å². The topological polar surface area (TPSA) is 86.8 Å². The summed E-state index contributed by atoms with van der Waals surface area (Å²) in [4.78, 5) is 26.3. The lowest BCUT2D eigenvalue weighted by Gasteiger charge is -2.28. The van der Waals surface area contributed by atoms with Crippen molar-refractivity contribution in [2.24, 2.45) is 0 Å². The number of hydrogen-bond donors (Lipinski definition) is 1. The predicted molar refractivity (Wildman–Crippen MR) is 113 cm³/mol. The number of anilines is 2. The molecule has 0 saturated carbocycles. The normalized spacial score (nSPS) is 15.1. The smallest absolute Gasteiger partial charge is 0.243 e. The van der Waals surface area contributed by atoms with E-state index in [1.807, 2.05) is 6.07 Å². The molecule has 1 heterocycles. The minimum absolute atomic E-state index is 0.0464. The third-order valence-electron chi connectivity index (χ3n) is 5.01. The molecule has 0 bridgehead atoms. The Labute approximate surface area is 179 Å². The molecular weight excluding hydrogens is 428 g/mol. The van der Waals surface area contributed by atoms with Gasteiger partial charge in [0.05, 0.1) is 11.9 Å². The molecule has 166 valence electrons. The van der Waals surface area contributed by atoms with Gasteiger partial charge in [0.25, 0.3) is 0 Å². The number of halogens is 2. The molecule has 0 spiro atoms. The number of rotatable bonds is 7. The fraction of sp³-hybridized carbons (Fsp3) is 0.333. The van der Waals surface area contributed by atoms with Crippen LogP contribution in [0.2, 0.25) is 0 Å². The second kappa shape index (κ2) is 9.01. The number of sulfonamides is 1. The summed E-state index contributed by atoms with van der Waals surface area (Å²) < 4.78 is 52.1. The van der Waals surface area contributed by atoms with E-state index < -0.39 is 33.6 Å². The van der Waals surface area contributed by atoms with Crippen molar-refractivity contribution >= 4 is 33.2 Å². The van der Waals surface area contributed by atoms with E-state index in [2.05, 4.69) is 5.32 Å². The maximum atomic E-state index is 13.6. The number of hydrogen-bond acceptors (Lipinski definition) is 4. The van der Waals surface area contributed by atoms with Gasteiger partial charge in [-0.25, -0.2) is 17.2 Å². The van der Waals surface area contributed by atoms with Crippen LogP contribution < -0.4 is 14.5 Å². The average molecular weight is 451 g/mol. The lowest BCUT2D eigenvalue weighted by Crippen LogP contribution is -2.47. The van der Waals surface area contributed by atoms with Crippen LogP contribution in [0.15, 0.2) is 42.5 Å². The van der Waals surface area contributed by atoms with Crippen LogP contribution in [0.1, 0.15) is 25.3 Å². The monoisotopic (exact) mass is 451 g/mol. The maximum Gasteiger partial charge on any atom is 0.243 e. The quantitative estimate of drug-likeness (QED) is 0.701. The van der Waals surface area contributed by atoms with Crippen molar-refractivity contribution in [2.45, 2.75) is 32.4 Å². The molecule has 0 aliphatic carbocycles. The first-order valence-electron chi connectivity index (χ1n) is 9.69. The zero-order chi connectivity index (χ0) is 22.8. The van der Waals surface area contributed by atoms with E-state index in [0.29, 0.717) is 13.0 Å². The van der Waals surface area contributed by atoms with Crippen molar-refractivity contribution < 1.29 is 26.8 Å². The molecule has 2 aromatic rings. The lowest BCUT2D eigenvalue weighted by molar-refractivity contribution is -0.122. The highest BCUT2D eigenvalue weighted by molar-refractivity contribution is 7.92. The summed E-state index contributed by atoms with van der Waals surface area (Å²) >= 11 is 0. The molecule has 2 amide bonds. The summed E-state index contributed by atoms with van der Waals surface area (Å²) in [7, 11) is -3.96. The Kier molecular flexibility index (Phi) is 6.59. The molecule has 31 heavy (non-hydrogen) atoms. The molecular formula is C21H23F2N3O4S. The lowest BCUT2D eigenvalue weighted by atomic mass is 10.1. The van der Waals surface area contributed by atoms with Crippen LogP contribution in [0.4, 0.5) is 20.2 Å². The SMILES string of the molecule is C[C@H](C(=O)NCc1cccc(N2CCCC2=O)c1)N(c1ccc(F)c(F)c1)S(C)(=O)=O. The average Bonchev–Trinajstić information content (AvgIpc) is 3.14. The zero-order valence-electron chi connectivity index (χ0n) is 17.1. The van der Waals surface area contributed by atoms with Crippen LogP contribution in [0.3, 0.4) is 0 Å². The van der Waals surface area contributed by atoms with E-state index in [1.54, 1.807) is 23.1 Å². The van der Waals surface area contributed by atoms with Gasteiger partial charge >= 0.3 is 0 Å². The van der Waals surface area contributed by atoms with E-state index in [9.17, 15) is 26.8 Å². The molecule has 0 unspecified atom stereocenters. The number of amides is 2. The fourth-order valence-corrected chi connectivity index (χ4v) is 4.69. The molecule has 3 rings (SSSR count). The van der Waals surface area contributed by atoms with Crippen molar-refractivity contribution in [1.82, 2.24) is 5.32 Å². The number of nitrogens with one attached hydrogen (secondary N) is 1. The number of nitrogens with zero attached hydrogens (tertiary/aromatic N) is 2. The van der Waals surface area contributed by atoms with Gasteiger partial charge in [0.15, 0.2) is 11.6 Å². The molecule has 2 aromatic carbocycles. The van der Waals surface area contributed by atoms with Gasteiger partial charge in [-0.2, -0.15) is 0 Å². The molecule has 1 aliphatic rings. The molecule has 1 N–H and O–H groups in total. The highest BCUT2D eigenvalue weighted by atomic mass is 32.2. The summed E-state index contributed by atoms with van der Waals surface area (Å²) in [5.41, 5.74) is 1.32. The zero-order valence-corrected chi connectivity index (χ0v) is 18.0. The highest BCUT2D eigenvalue weighted by Crippen LogP contribution is 2.24. The fourth-order valence-electron chi connectivity index (χ4n) is 3.52. The Morgan fingerprint density at radius 2 is 1.94 bits per heavy atom. The Morgan fingerprint density at radius 3 is 2.55 bits per heavy atom. The van der Waals surface area contributed by atoms with E-state index in [-0.39, 0.29) is 18.1 Å². The highest BCUT2D eigenvalue weighted by Gasteiger charge is 2.29. The number of carbonyl (C=O) groups excluding carboxylic acids is 2. The van der Waals surface area contributed by atoms with Gasteiger partial charge in [0, 0.05) is 31.3 Å². The second-order valence-corrected chi connectivity index (χ2v) is 9.23. The minimum Gasteiger partial charge on any atom is -0.350 e. The van der Waals surface area contributed by atoms with E-state index in [4.69, 9.17) is 0 Å². The Balaban J connectivity index is 1.74. The molecule has 7 nitrogen and oxygen atoms in total. The summed E-state index contributed by atoms with van der Waals surface area (Å²) in [5, 5.41) is 2.66. The van der Waals surface area contributed by atoms with Gasteiger partial charge in [-0.1, -0.05) is 12.1 Å². The van der Waals surface area contributed by atoms with Crippen molar-refractivity contribution in [3.05, 3.63) is 59.7 Å². The number of benzene rings is 2. The van der Waals surface area contributed by atoms with Gasteiger partial charge in [-0.3, -0.25) is 13.9 Å². The van der Waals surface area contributed by atoms with Crippen molar-refractivity contribution in [3.63, 3.8) is 0 Å². The first-order valence-corrected chi connectivity index (χ1v) is 11.5. The Hall–Kier alpha value is -3.01. The van der Waals surface area contributed by atoms with Crippen LogP contribution in [0, 0.1) is 11.6 Å². The molecule has 10 heteroatoms. The summed E-state index contributed by atoms with van der Waals surface area (Å²) in [6.07, 6.45) is 2.18. The molecule has 1 atom stereocenters. The first kappa shape index (κ1) is 22.7. The van der Waals surface area contributed by atoms with Crippen molar-refractivity contribution in [1.29, 1.82) is 0 Å². The van der Waals surface area contributed by atoms with E-state index >= 15 is 0 Å².